The van der Waals surface area contributed by atoms with Crippen LogP contribution in [-0.2, 0) is 14.3 Å². The summed E-state index contributed by atoms with van der Waals surface area (Å²) < 4.78 is 9.69. The van der Waals surface area contributed by atoms with Crippen molar-refractivity contribution >= 4 is 51.7 Å². The molecule has 4 rings (SSSR count). The molecule has 0 aromatic heterocycles. The molecule has 166 valence electrons. The number of rotatable bonds is 6. The number of hydrazone groups is 1. The van der Waals surface area contributed by atoms with Crippen molar-refractivity contribution in [1.29, 1.82) is 0 Å². The lowest BCUT2D eigenvalue weighted by Crippen LogP contribution is -2.49. The van der Waals surface area contributed by atoms with Crippen molar-refractivity contribution in [1.82, 2.24) is 0 Å². The maximum atomic E-state index is 12.8. The summed E-state index contributed by atoms with van der Waals surface area (Å²) in [4.78, 5) is 27.7. The first-order valence-electron chi connectivity index (χ1n) is 10.1. The molecular formula is C23H23N3O4S2. The number of Topliss-reactive ketones (excluding diaryl/α,β-unsaturated/α-hetero) is 1. The fourth-order valence-corrected chi connectivity index (χ4v) is 6.47. The van der Waals surface area contributed by atoms with Gasteiger partial charge >= 0.3 is 5.97 Å². The Morgan fingerprint density at radius 3 is 2.31 bits per heavy atom. The first-order valence-corrected chi connectivity index (χ1v) is 11.7. The highest BCUT2D eigenvalue weighted by Gasteiger charge is 2.57. The third-order valence-corrected chi connectivity index (χ3v) is 7.93. The number of para-hydroxylation sites is 1. The summed E-state index contributed by atoms with van der Waals surface area (Å²) in [5.41, 5.74) is 2.38. The van der Waals surface area contributed by atoms with Gasteiger partial charge in [0.1, 0.15) is 10.7 Å². The Labute approximate surface area is 195 Å². The second-order valence-corrected chi connectivity index (χ2v) is 9.63. The molecule has 0 aliphatic carbocycles. The zero-order chi connectivity index (χ0) is 22.9. The van der Waals surface area contributed by atoms with Crippen LogP contribution < -0.4 is 14.6 Å². The number of ether oxygens (including phenoxy) is 2. The molecule has 0 N–H and O–H groups in total. The number of carbonyl (C=O) groups excluding carboxylic acids is 2. The molecule has 2 aromatic carbocycles. The van der Waals surface area contributed by atoms with E-state index in [0.29, 0.717) is 15.7 Å². The Hall–Kier alpha value is -2.91. The fraction of sp³-hybridized carbons (Fsp3) is 0.261. The molecule has 2 heterocycles. The number of anilines is 2. The van der Waals surface area contributed by atoms with E-state index in [1.165, 1.54) is 30.4 Å². The van der Waals surface area contributed by atoms with Gasteiger partial charge in [0.15, 0.2) is 10.8 Å². The van der Waals surface area contributed by atoms with Gasteiger partial charge < -0.3 is 14.4 Å². The van der Waals surface area contributed by atoms with Gasteiger partial charge in [-0.05, 0) is 62.0 Å². The van der Waals surface area contributed by atoms with Crippen LogP contribution in [-0.4, -0.2) is 34.8 Å². The molecule has 9 heteroatoms. The SMILES string of the molecule is CCOC(=O)C1=C(C)N(c2ccccc2)C2(SC(C(C)=O)=NN2c2ccc(OC)cc2)S1. The van der Waals surface area contributed by atoms with Crippen LogP contribution >= 0.6 is 23.5 Å². The summed E-state index contributed by atoms with van der Waals surface area (Å²) in [5, 5.41) is 6.84. The van der Waals surface area contributed by atoms with Gasteiger partial charge in [-0.15, -0.1) is 0 Å². The number of methoxy groups -OCH3 is 1. The molecular weight excluding hydrogens is 446 g/mol. The lowest BCUT2D eigenvalue weighted by atomic mass is 10.2. The molecule has 1 unspecified atom stereocenters. The lowest BCUT2D eigenvalue weighted by Gasteiger charge is -2.41. The maximum Gasteiger partial charge on any atom is 0.346 e. The Balaban J connectivity index is 1.88. The van der Waals surface area contributed by atoms with Crippen LogP contribution in [0.4, 0.5) is 11.4 Å². The molecule has 0 saturated carbocycles. The number of ketones is 1. The molecule has 32 heavy (non-hydrogen) atoms. The molecule has 1 atom stereocenters. The topological polar surface area (TPSA) is 71.4 Å². The van der Waals surface area contributed by atoms with Crippen LogP contribution in [0.15, 0.2) is 70.3 Å². The van der Waals surface area contributed by atoms with E-state index in [1.807, 2.05) is 66.4 Å². The van der Waals surface area contributed by atoms with Crippen molar-refractivity contribution in [2.75, 3.05) is 23.6 Å². The van der Waals surface area contributed by atoms with Crippen LogP contribution in [0.5, 0.6) is 5.75 Å². The second-order valence-electron chi connectivity index (χ2n) is 7.03. The normalized spacial score (nSPS) is 20.1. The van der Waals surface area contributed by atoms with E-state index in [2.05, 4.69) is 5.10 Å². The number of thioether (sulfide) groups is 2. The van der Waals surface area contributed by atoms with Gasteiger partial charge in [-0.25, -0.2) is 9.80 Å². The molecule has 1 spiro atoms. The van der Waals surface area contributed by atoms with Gasteiger partial charge in [0, 0.05) is 18.3 Å². The van der Waals surface area contributed by atoms with E-state index in [4.69, 9.17) is 9.47 Å². The smallest absolute Gasteiger partial charge is 0.346 e. The molecule has 2 aromatic rings. The summed E-state index contributed by atoms with van der Waals surface area (Å²) in [5.74, 6) is 0.187. The highest BCUT2D eigenvalue weighted by molar-refractivity contribution is 8.29. The summed E-state index contributed by atoms with van der Waals surface area (Å²) in [6.07, 6.45) is 0. The summed E-state index contributed by atoms with van der Waals surface area (Å²) in [6.45, 7) is 5.44. The Bertz CT molecular complexity index is 1100. The third kappa shape index (κ3) is 3.75. The Morgan fingerprint density at radius 1 is 1.03 bits per heavy atom. The van der Waals surface area contributed by atoms with E-state index in [1.54, 1.807) is 19.0 Å². The van der Waals surface area contributed by atoms with Crippen molar-refractivity contribution in [2.24, 2.45) is 5.10 Å². The molecule has 0 saturated heterocycles. The quantitative estimate of drug-likeness (QED) is 0.558. The van der Waals surface area contributed by atoms with Crippen molar-refractivity contribution in [3.63, 3.8) is 0 Å². The standard InChI is InChI=1S/C23H23N3O4S2/c1-5-30-22(28)20-15(2)25(17-9-7-6-8-10-17)23(31-20)26(24-21(32-23)16(3)27)18-11-13-19(29-4)14-12-18/h6-14H,5H2,1-4H3. The first kappa shape index (κ1) is 22.3. The first-order chi connectivity index (χ1) is 15.4. The van der Waals surface area contributed by atoms with E-state index in [0.717, 1.165) is 17.1 Å². The van der Waals surface area contributed by atoms with Crippen LogP contribution in [0.1, 0.15) is 20.8 Å². The maximum absolute atomic E-state index is 12.8. The number of benzene rings is 2. The largest absolute Gasteiger partial charge is 0.497 e. The Kier molecular flexibility index (Phi) is 6.21. The van der Waals surface area contributed by atoms with Gasteiger partial charge in [0.25, 0.3) is 0 Å². The highest BCUT2D eigenvalue weighted by atomic mass is 32.2. The van der Waals surface area contributed by atoms with Crippen molar-refractivity contribution < 1.29 is 19.1 Å². The minimum Gasteiger partial charge on any atom is -0.497 e. The van der Waals surface area contributed by atoms with Gasteiger partial charge in [-0.1, -0.05) is 30.0 Å². The number of esters is 1. The summed E-state index contributed by atoms with van der Waals surface area (Å²) in [6, 6.07) is 17.2. The number of allylic oxidation sites excluding steroid dienone is 1. The minimum atomic E-state index is -0.941. The summed E-state index contributed by atoms with van der Waals surface area (Å²) >= 11 is 2.66. The molecule has 7 nitrogen and oxygen atoms in total. The Morgan fingerprint density at radius 2 is 1.72 bits per heavy atom. The fourth-order valence-electron chi connectivity index (χ4n) is 3.52. The van der Waals surface area contributed by atoms with Gasteiger partial charge in [0.05, 0.1) is 19.4 Å². The van der Waals surface area contributed by atoms with Crippen molar-refractivity contribution in [2.45, 2.75) is 25.1 Å². The molecule has 2 aliphatic rings. The van der Waals surface area contributed by atoms with Crippen LogP contribution in [0.25, 0.3) is 0 Å². The predicted octanol–water partition coefficient (Wildman–Crippen LogP) is 4.81. The molecule has 2 aliphatic heterocycles. The second kappa shape index (κ2) is 8.91. The van der Waals surface area contributed by atoms with Gasteiger partial charge in [-0.2, -0.15) is 5.10 Å². The number of hydrogen-bond donors (Lipinski definition) is 0. The van der Waals surface area contributed by atoms with E-state index >= 15 is 0 Å². The summed E-state index contributed by atoms with van der Waals surface area (Å²) in [7, 11) is 1.61. The lowest BCUT2D eigenvalue weighted by molar-refractivity contribution is -0.137. The van der Waals surface area contributed by atoms with Crippen molar-refractivity contribution in [3.8, 4) is 5.75 Å². The minimum absolute atomic E-state index is 0.138. The number of hydrogen-bond acceptors (Lipinski definition) is 9. The average Bonchev–Trinajstić information content (AvgIpc) is 3.32. The van der Waals surface area contributed by atoms with E-state index in [-0.39, 0.29) is 18.4 Å². The molecule has 0 amide bonds. The third-order valence-electron chi connectivity index (χ3n) is 4.96. The van der Waals surface area contributed by atoms with Gasteiger partial charge in [0.2, 0.25) is 4.33 Å². The highest BCUT2D eigenvalue weighted by Crippen LogP contribution is 2.60. The van der Waals surface area contributed by atoms with Crippen LogP contribution in [0.2, 0.25) is 0 Å². The average molecular weight is 470 g/mol. The zero-order valence-electron chi connectivity index (χ0n) is 18.2. The monoisotopic (exact) mass is 469 g/mol. The predicted molar refractivity (Wildman–Crippen MR) is 130 cm³/mol. The van der Waals surface area contributed by atoms with Crippen LogP contribution in [0, 0.1) is 0 Å². The van der Waals surface area contributed by atoms with Gasteiger partial charge in [-0.3, -0.25) is 4.79 Å². The molecule has 0 fully saturated rings. The number of nitrogens with zero attached hydrogens (tertiary/aromatic N) is 3. The van der Waals surface area contributed by atoms with Crippen LogP contribution in [0.3, 0.4) is 0 Å². The zero-order valence-corrected chi connectivity index (χ0v) is 19.8. The van der Waals surface area contributed by atoms with E-state index in [9.17, 15) is 9.59 Å². The van der Waals surface area contributed by atoms with E-state index < -0.39 is 4.33 Å². The molecule has 0 radical (unpaired) electrons. The molecule has 0 bridgehead atoms. The number of carbonyl (C=O) groups is 2. The van der Waals surface area contributed by atoms with Crippen molar-refractivity contribution in [3.05, 3.63) is 65.2 Å².